The maximum absolute atomic E-state index is 9.19. The van der Waals surface area contributed by atoms with Crippen LogP contribution in [-0.4, -0.2) is 17.8 Å². The van der Waals surface area contributed by atoms with Crippen molar-refractivity contribution in [2.24, 2.45) is 16.7 Å². The molecule has 118 valence electrons. The lowest BCUT2D eigenvalue weighted by molar-refractivity contribution is 0.212. The first-order chi connectivity index (χ1) is 9.01. The molecule has 0 aromatic heterocycles. The van der Waals surface area contributed by atoms with Crippen molar-refractivity contribution in [3.63, 3.8) is 0 Å². The molecule has 0 saturated heterocycles. The summed E-state index contributed by atoms with van der Waals surface area (Å²) in [5.74, 6) is 0.364. The Morgan fingerprint density at radius 2 is 1.75 bits per heavy atom. The first-order valence-corrected chi connectivity index (χ1v) is 7.83. The molecule has 0 aromatic rings. The van der Waals surface area contributed by atoms with Gasteiger partial charge in [-0.25, -0.2) is 0 Å². The predicted octanol–water partition coefficient (Wildman–Crippen LogP) is 4.76. The summed E-state index contributed by atoms with van der Waals surface area (Å²) < 4.78 is 5.54. The lowest BCUT2D eigenvalue weighted by atomic mass is 9.80. The summed E-state index contributed by atoms with van der Waals surface area (Å²) in [6.45, 7) is 15.4. The van der Waals surface area contributed by atoms with Crippen molar-refractivity contribution in [1.82, 2.24) is 0 Å². The van der Waals surface area contributed by atoms with E-state index in [4.69, 9.17) is 4.52 Å². The number of hydrogen-bond donors (Lipinski definition) is 1. The number of allylic oxidation sites excluding steroid dienone is 2. The van der Waals surface area contributed by atoms with Gasteiger partial charge in [-0.2, -0.15) is 0 Å². The van der Waals surface area contributed by atoms with Gasteiger partial charge in [-0.1, -0.05) is 72.3 Å². The van der Waals surface area contributed by atoms with Crippen molar-refractivity contribution < 1.29 is 9.63 Å². The Hall–Kier alpha value is -0.170. The molecule has 0 amide bonds. The third-order valence-corrected chi connectivity index (χ3v) is 3.66. The summed E-state index contributed by atoms with van der Waals surface area (Å²) in [5.41, 5.74) is 1.52. The van der Waals surface area contributed by atoms with Crippen LogP contribution >= 0.6 is 9.47 Å². The van der Waals surface area contributed by atoms with Crippen molar-refractivity contribution in [1.29, 1.82) is 0 Å². The van der Waals surface area contributed by atoms with Gasteiger partial charge in [-0.3, -0.25) is 0 Å². The van der Waals surface area contributed by atoms with Crippen molar-refractivity contribution in [3.8, 4) is 0 Å². The smallest absolute Gasteiger partial charge is 0.0820 e. The largest absolute Gasteiger partial charge is 0.392 e. The Bertz CT molecular complexity index is 332. The molecule has 0 spiro atoms. The van der Waals surface area contributed by atoms with Gasteiger partial charge in [0.25, 0.3) is 0 Å². The molecule has 1 unspecified atom stereocenters. The van der Waals surface area contributed by atoms with Crippen LogP contribution in [-0.2, 0) is 4.52 Å². The molecular weight excluding hydrogens is 267 g/mol. The van der Waals surface area contributed by atoms with Gasteiger partial charge in [0, 0.05) is 9.47 Å². The fourth-order valence-corrected chi connectivity index (χ4v) is 2.38. The molecule has 0 fully saturated rings. The molecule has 0 saturated carbocycles. The number of hydrogen-bond acceptors (Lipinski definition) is 2. The summed E-state index contributed by atoms with van der Waals surface area (Å²) in [6.07, 6.45) is 7.28. The minimum absolute atomic E-state index is 0.0728. The first kappa shape index (κ1) is 19.8. The lowest BCUT2D eigenvalue weighted by Gasteiger charge is -2.28. The van der Waals surface area contributed by atoms with Gasteiger partial charge in [-0.15, -0.1) is 0 Å². The second-order valence-electron chi connectivity index (χ2n) is 7.67. The van der Waals surface area contributed by atoms with E-state index in [2.05, 4.69) is 70.1 Å². The van der Waals surface area contributed by atoms with Crippen LogP contribution in [0.25, 0.3) is 0 Å². The minimum atomic E-state index is 0.0728. The second-order valence-corrected chi connectivity index (χ2v) is 7.94. The molecule has 0 rings (SSSR count). The summed E-state index contributed by atoms with van der Waals surface area (Å²) in [4.78, 5) is 0. The maximum atomic E-state index is 9.19. The molecule has 0 aliphatic heterocycles. The fourth-order valence-electron chi connectivity index (χ4n) is 2.02. The SMILES string of the molecule is C[C@H](C/C(=C\CO)C(C)(C)C)[C@H](/C=C/C(C)(C)C)OP. The highest BCUT2D eigenvalue weighted by Gasteiger charge is 2.23. The Labute approximate surface area is 128 Å². The van der Waals surface area contributed by atoms with Gasteiger partial charge in [-0.05, 0) is 23.2 Å². The fraction of sp³-hybridized carbons (Fsp3) is 0.765. The topological polar surface area (TPSA) is 29.5 Å². The summed E-state index contributed by atoms with van der Waals surface area (Å²) in [5, 5.41) is 9.19. The number of rotatable bonds is 6. The molecule has 0 aliphatic rings. The van der Waals surface area contributed by atoms with Crippen LogP contribution in [0.1, 0.15) is 54.9 Å². The molecule has 2 nitrogen and oxygen atoms in total. The van der Waals surface area contributed by atoms with Crippen LogP contribution in [0.15, 0.2) is 23.8 Å². The Morgan fingerprint density at radius 1 is 1.20 bits per heavy atom. The van der Waals surface area contributed by atoms with Crippen molar-refractivity contribution in [2.75, 3.05) is 6.61 Å². The Balaban J connectivity index is 4.90. The standard InChI is InChI=1S/C17H33O2P/c1-13(12-14(9-11-18)17(5,6)7)15(19-20)8-10-16(2,3)4/h8-10,13,15,18H,11-12,20H2,1-7H3/b10-8+,14-9+/t13-,15+/m1/s1. The molecule has 20 heavy (non-hydrogen) atoms. The van der Waals surface area contributed by atoms with Gasteiger partial charge >= 0.3 is 0 Å². The summed E-state index contributed by atoms with van der Waals surface area (Å²) >= 11 is 0. The van der Waals surface area contributed by atoms with Gasteiger partial charge in [0.2, 0.25) is 0 Å². The first-order valence-electron chi connectivity index (χ1n) is 7.36. The molecular formula is C17H33O2P. The van der Waals surface area contributed by atoms with E-state index < -0.39 is 0 Å². The average molecular weight is 300 g/mol. The highest BCUT2D eigenvalue weighted by molar-refractivity contribution is 7.09. The minimum Gasteiger partial charge on any atom is -0.392 e. The van der Waals surface area contributed by atoms with Gasteiger partial charge in [0.05, 0.1) is 12.7 Å². The second kappa shape index (κ2) is 8.32. The number of aliphatic hydroxyl groups is 1. The van der Waals surface area contributed by atoms with E-state index in [0.29, 0.717) is 5.92 Å². The molecule has 0 aromatic carbocycles. The lowest BCUT2D eigenvalue weighted by Crippen LogP contribution is -2.21. The monoisotopic (exact) mass is 300 g/mol. The van der Waals surface area contributed by atoms with E-state index >= 15 is 0 Å². The maximum Gasteiger partial charge on any atom is 0.0820 e. The summed E-state index contributed by atoms with van der Waals surface area (Å²) in [6, 6.07) is 0. The van der Waals surface area contributed by atoms with Crippen LogP contribution in [0, 0.1) is 16.7 Å². The Morgan fingerprint density at radius 3 is 2.10 bits per heavy atom. The predicted molar refractivity (Wildman–Crippen MR) is 91.6 cm³/mol. The molecule has 0 heterocycles. The zero-order valence-corrected chi connectivity index (χ0v) is 15.4. The zero-order valence-electron chi connectivity index (χ0n) is 14.2. The zero-order chi connectivity index (χ0) is 16.0. The molecule has 0 aliphatic carbocycles. The van der Waals surface area contributed by atoms with Crippen molar-refractivity contribution >= 4 is 9.47 Å². The van der Waals surface area contributed by atoms with E-state index in [1.165, 1.54) is 5.57 Å². The van der Waals surface area contributed by atoms with Gasteiger partial charge in [0.1, 0.15) is 0 Å². The van der Waals surface area contributed by atoms with Crippen LogP contribution in [0.2, 0.25) is 0 Å². The van der Waals surface area contributed by atoms with Crippen molar-refractivity contribution in [3.05, 3.63) is 23.8 Å². The third-order valence-electron chi connectivity index (χ3n) is 3.35. The van der Waals surface area contributed by atoms with Gasteiger partial charge in [0.15, 0.2) is 0 Å². The third kappa shape index (κ3) is 8.19. The van der Waals surface area contributed by atoms with E-state index in [0.717, 1.165) is 6.42 Å². The molecule has 3 atom stereocenters. The van der Waals surface area contributed by atoms with E-state index in [1.807, 2.05) is 6.08 Å². The quantitative estimate of drug-likeness (QED) is 0.566. The van der Waals surface area contributed by atoms with Crippen LogP contribution in [0.5, 0.6) is 0 Å². The van der Waals surface area contributed by atoms with Gasteiger partial charge < -0.3 is 9.63 Å². The van der Waals surface area contributed by atoms with Crippen LogP contribution in [0.3, 0.4) is 0 Å². The molecule has 0 bridgehead atoms. The van der Waals surface area contributed by atoms with Crippen LogP contribution < -0.4 is 0 Å². The highest BCUT2D eigenvalue weighted by atomic mass is 31.0. The average Bonchev–Trinajstić information content (AvgIpc) is 2.26. The normalized spacial score (nSPS) is 17.6. The van der Waals surface area contributed by atoms with E-state index in [-0.39, 0.29) is 23.5 Å². The van der Waals surface area contributed by atoms with Crippen molar-refractivity contribution in [2.45, 2.75) is 61.0 Å². The van der Waals surface area contributed by atoms with E-state index in [1.54, 1.807) is 0 Å². The summed E-state index contributed by atoms with van der Waals surface area (Å²) in [7, 11) is 2.38. The molecule has 1 N–H and O–H groups in total. The number of aliphatic hydroxyl groups excluding tert-OH is 1. The van der Waals surface area contributed by atoms with E-state index in [9.17, 15) is 5.11 Å². The van der Waals surface area contributed by atoms with Crippen LogP contribution in [0.4, 0.5) is 0 Å². The highest BCUT2D eigenvalue weighted by Crippen LogP contribution is 2.32. The molecule has 0 radical (unpaired) electrons. The molecule has 3 heteroatoms. The Kier molecular flexibility index (Phi) is 8.25.